The van der Waals surface area contributed by atoms with Gasteiger partial charge in [-0.15, -0.1) is 0 Å². The van der Waals surface area contributed by atoms with Gasteiger partial charge in [-0.05, 0) is 63.9 Å². The zero-order chi connectivity index (χ0) is 22.2. The number of rotatable bonds is 5. The van der Waals surface area contributed by atoms with E-state index in [4.69, 9.17) is 4.74 Å². The lowest BCUT2D eigenvalue weighted by Crippen LogP contribution is -2.27. The Hall–Kier alpha value is -3.27. The van der Waals surface area contributed by atoms with Crippen LogP contribution in [0.15, 0.2) is 30.3 Å². The average molecular weight is 444 g/mol. The van der Waals surface area contributed by atoms with E-state index >= 15 is 0 Å². The molecule has 162 valence electrons. The van der Waals surface area contributed by atoms with Gasteiger partial charge in [0.2, 0.25) is 5.91 Å². The number of amides is 2. The SMILES string of the molecule is CC(C)(C)OC(=O)Nc1cc(Nc2ccc3nc(NC(=O)C4CC4)sc3n2)ccc1F. The van der Waals surface area contributed by atoms with E-state index in [9.17, 15) is 14.0 Å². The number of nitrogens with one attached hydrogen (secondary N) is 3. The molecular weight excluding hydrogens is 421 g/mol. The van der Waals surface area contributed by atoms with Gasteiger partial charge in [0.15, 0.2) is 5.13 Å². The quantitative estimate of drug-likeness (QED) is 0.496. The molecule has 0 atom stereocenters. The Morgan fingerprint density at radius 2 is 1.90 bits per heavy atom. The normalized spacial score (nSPS) is 13.7. The second kappa shape index (κ2) is 8.10. The number of halogens is 1. The largest absolute Gasteiger partial charge is 0.444 e. The van der Waals surface area contributed by atoms with E-state index in [-0.39, 0.29) is 17.5 Å². The Balaban J connectivity index is 1.47. The summed E-state index contributed by atoms with van der Waals surface area (Å²) in [7, 11) is 0. The number of aromatic nitrogens is 2. The summed E-state index contributed by atoms with van der Waals surface area (Å²) in [6, 6.07) is 7.76. The molecule has 8 nitrogen and oxygen atoms in total. The lowest BCUT2D eigenvalue weighted by molar-refractivity contribution is -0.117. The Kier molecular flexibility index (Phi) is 5.48. The zero-order valence-corrected chi connectivity index (χ0v) is 18.1. The first kappa shape index (κ1) is 21.0. The molecule has 0 spiro atoms. The zero-order valence-electron chi connectivity index (χ0n) is 17.3. The number of carbonyl (C=O) groups is 2. The number of anilines is 4. The summed E-state index contributed by atoms with van der Waals surface area (Å²) in [5.74, 6) is 0.0252. The van der Waals surface area contributed by atoms with Crippen LogP contribution in [0.4, 0.5) is 31.5 Å². The van der Waals surface area contributed by atoms with Crippen molar-refractivity contribution in [3.8, 4) is 0 Å². The summed E-state index contributed by atoms with van der Waals surface area (Å²) in [4.78, 5) is 33.4. The first-order chi connectivity index (χ1) is 14.7. The number of pyridine rings is 1. The van der Waals surface area contributed by atoms with E-state index in [1.807, 2.05) is 0 Å². The molecule has 2 heterocycles. The summed E-state index contributed by atoms with van der Waals surface area (Å²) in [5, 5.41) is 8.84. The maximum absolute atomic E-state index is 14.1. The number of hydrogen-bond acceptors (Lipinski definition) is 7. The highest BCUT2D eigenvalue weighted by Crippen LogP contribution is 2.32. The summed E-state index contributed by atoms with van der Waals surface area (Å²) in [6.07, 6.45) is 1.10. The minimum Gasteiger partial charge on any atom is -0.444 e. The van der Waals surface area contributed by atoms with Crippen molar-refractivity contribution in [2.45, 2.75) is 39.2 Å². The third-order valence-corrected chi connectivity index (χ3v) is 5.19. The fourth-order valence-corrected chi connectivity index (χ4v) is 3.59. The highest BCUT2D eigenvalue weighted by molar-refractivity contribution is 7.22. The van der Waals surface area contributed by atoms with Crippen LogP contribution in [0.1, 0.15) is 33.6 Å². The summed E-state index contributed by atoms with van der Waals surface area (Å²) in [6.45, 7) is 5.18. The Bertz CT molecular complexity index is 1150. The molecule has 4 rings (SSSR count). The second-order valence-corrected chi connectivity index (χ2v) is 9.23. The Labute approximate surface area is 182 Å². The summed E-state index contributed by atoms with van der Waals surface area (Å²) >= 11 is 1.29. The smallest absolute Gasteiger partial charge is 0.412 e. The fraction of sp³-hybridized carbons (Fsp3) is 0.333. The lowest BCUT2D eigenvalue weighted by Gasteiger charge is -2.20. The van der Waals surface area contributed by atoms with Crippen molar-refractivity contribution < 1.29 is 18.7 Å². The molecule has 10 heteroatoms. The van der Waals surface area contributed by atoms with Gasteiger partial charge in [-0.3, -0.25) is 10.1 Å². The Morgan fingerprint density at radius 3 is 2.61 bits per heavy atom. The van der Waals surface area contributed by atoms with Crippen molar-refractivity contribution in [3.63, 3.8) is 0 Å². The molecule has 1 fully saturated rings. The standard InChI is InChI=1S/C21H22FN5O3S/c1-21(2,3)30-20(29)25-15-10-12(6-7-13(15)22)23-16-9-8-14-18(26-16)31-19(24-14)27-17(28)11-4-5-11/h6-11H,4-5H2,1-3H3,(H,23,26)(H,25,29)(H,24,27,28). The molecule has 2 aromatic heterocycles. The van der Waals surface area contributed by atoms with Gasteiger partial charge in [-0.2, -0.15) is 0 Å². The first-order valence-electron chi connectivity index (χ1n) is 9.81. The van der Waals surface area contributed by atoms with Crippen LogP contribution in [0.5, 0.6) is 0 Å². The number of fused-ring (bicyclic) bond motifs is 1. The molecule has 31 heavy (non-hydrogen) atoms. The van der Waals surface area contributed by atoms with Crippen molar-refractivity contribution >= 4 is 56.0 Å². The lowest BCUT2D eigenvalue weighted by atomic mass is 10.2. The van der Waals surface area contributed by atoms with E-state index in [1.54, 1.807) is 32.9 Å². The Morgan fingerprint density at radius 1 is 1.13 bits per heavy atom. The van der Waals surface area contributed by atoms with E-state index in [0.717, 1.165) is 12.8 Å². The van der Waals surface area contributed by atoms with Gasteiger partial charge in [0.05, 0.1) is 5.69 Å². The average Bonchev–Trinajstić information content (AvgIpc) is 3.44. The minimum atomic E-state index is -0.742. The van der Waals surface area contributed by atoms with Crippen LogP contribution < -0.4 is 16.0 Å². The molecule has 0 radical (unpaired) electrons. The third-order valence-electron chi connectivity index (χ3n) is 4.31. The van der Waals surface area contributed by atoms with Crippen LogP contribution in [-0.4, -0.2) is 27.6 Å². The van der Waals surface area contributed by atoms with Crippen LogP contribution >= 0.6 is 11.3 Å². The molecule has 1 saturated carbocycles. The predicted octanol–water partition coefficient (Wildman–Crippen LogP) is 5.27. The number of thiazole rings is 1. The molecule has 1 aromatic carbocycles. The summed E-state index contributed by atoms with van der Waals surface area (Å²) < 4.78 is 19.3. The van der Waals surface area contributed by atoms with Crippen LogP contribution in [0.3, 0.4) is 0 Å². The molecule has 0 aliphatic heterocycles. The van der Waals surface area contributed by atoms with Gasteiger partial charge < -0.3 is 15.4 Å². The van der Waals surface area contributed by atoms with Gasteiger partial charge >= 0.3 is 6.09 Å². The monoisotopic (exact) mass is 443 g/mol. The van der Waals surface area contributed by atoms with Crippen molar-refractivity contribution in [1.82, 2.24) is 9.97 Å². The van der Waals surface area contributed by atoms with Crippen molar-refractivity contribution in [2.24, 2.45) is 5.92 Å². The van der Waals surface area contributed by atoms with Crippen LogP contribution in [0.25, 0.3) is 10.3 Å². The molecular formula is C21H22FN5O3S. The van der Waals surface area contributed by atoms with Crippen LogP contribution in [-0.2, 0) is 9.53 Å². The number of nitrogens with zero attached hydrogens (tertiary/aromatic N) is 2. The van der Waals surface area contributed by atoms with E-state index < -0.39 is 17.5 Å². The van der Waals surface area contributed by atoms with Gasteiger partial charge in [0, 0.05) is 11.6 Å². The van der Waals surface area contributed by atoms with E-state index in [1.165, 1.54) is 29.5 Å². The topological polar surface area (TPSA) is 105 Å². The number of carbonyl (C=O) groups excluding carboxylic acids is 2. The molecule has 3 N–H and O–H groups in total. The maximum atomic E-state index is 14.1. The number of ether oxygens (including phenoxy) is 1. The van der Waals surface area contributed by atoms with Crippen LogP contribution in [0.2, 0.25) is 0 Å². The van der Waals surface area contributed by atoms with Crippen molar-refractivity contribution in [3.05, 3.63) is 36.1 Å². The summed E-state index contributed by atoms with van der Waals surface area (Å²) in [5.41, 5.74) is 0.504. The molecule has 0 bridgehead atoms. The van der Waals surface area contributed by atoms with Crippen molar-refractivity contribution in [2.75, 3.05) is 16.0 Å². The molecule has 1 aliphatic rings. The molecule has 1 aliphatic carbocycles. The maximum Gasteiger partial charge on any atom is 0.412 e. The van der Waals surface area contributed by atoms with Crippen LogP contribution in [0, 0.1) is 11.7 Å². The number of hydrogen-bond donors (Lipinski definition) is 3. The minimum absolute atomic E-state index is 0.00580. The van der Waals surface area contributed by atoms with Gasteiger partial charge in [-0.1, -0.05) is 11.3 Å². The van der Waals surface area contributed by atoms with Gasteiger partial charge in [0.25, 0.3) is 0 Å². The number of benzene rings is 1. The molecule has 2 amide bonds. The fourth-order valence-electron chi connectivity index (χ4n) is 2.75. The molecule has 0 unspecified atom stereocenters. The van der Waals surface area contributed by atoms with Gasteiger partial charge in [0.1, 0.15) is 27.6 Å². The van der Waals surface area contributed by atoms with Crippen molar-refractivity contribution in [1.29, 1.82) is 0 Å². The first-order valence-corrected chi connectivity index (χ1v) is 10.6. The second-order valence-electron chi connectivity index (χ2n) is 8.25. The molecule has 0 saturated heterocycles. The highest BCUT2D eigenvalue weighted by Gasteiger charge is 2.30. The molecule has 3 aromatic rings. The predicted molar refractivity (Wildman–Crippen MR) is 118 cm³/mol. The third kappa shape index (κ3) is 5.46. The van der Waals surface area contributed by atoms with E-state index in [0.29, 0.717) is 27.0 Å². The highest BCUT2D eigenvalue weighted by atomic mass is 32.1. The van der Waals surface area contributed by atoms with Gasteiger partial charge in [-0.25, -0.2) is 19.2 Å². The van der Waals surface area contributed by atoms with E-state index in [2.05, 4.69) is 25.9 Å².